The van der Waals surface area contributed by atoms with Gasteiger partial charge in [0.2, 0.25) is 0 Å². The predicted octanol–water partition coefficient (Wildman–Crippen LogP) is 3.33. The van der Waals surface area contributed by atoms with E-state index in [0.29, 0.717) is 25.1 Å². The van der Waals surface area contributed by atoms with Crippen LogP contribution in [0.5, 0.6) is 5.75 Å². The molecule has 0 saturated carbocycles. The van der Waals surface area contributed by atoms with Gasteiger partial charge in [-0.2, -0.15) is 0 Å². The monoisotopic (exact) mass is 287 g/mol. The quantitative estimate of drug-likeness (QED) is 0.828. The second-order valence-electron chi connectivity index (χ2n) is 4.78. The van der Waals surface area contributed by atoms with Crippen molar-refractivity contribution in [1.29, 1.82) is 0 Å². The molecule has 21 heavy (non-hydrogen) atoms. The lowest BCUT2D eigenvalue weighted by molar-refractivity contribution is 0.0951. The highest BCUT2D eigenvalue weighted by molar-refractivity contribution is 5.94. The minimum absolute atomic E-state index is 0.203. The summed E-state index contributed by atoms with van der Waals surface area (Å²) in [6.45, 7) is 3.06. The summed E-state index contributed by atoms with van der Waals surface area (Å²) in [6, 6.07) is 13.3. The van der Waals surface area contributed by atoms with Crippen LogP contribution in [0, 0.1) is 12.7 Å². The highest BCUT2D eigenvalue weighted by Gasteiger charge is 2.04. The van der Waals surface area contributed by atoms with Gasteiger partial charge in [0.1, 0.15) is 11.6 Å². The standard InChI is InChI=1S/C17H18FNO2/c1-13-4-2-5-16(12-13)21-11-3-10-19-17(20)14-6-8-15(18)9-7-14/h2,4-9,12H,3,10-11H2,1H3,(H,19,20). The molecule has 0 bridgehead atoms. The topological polar surface area (TPSA) is 38.3 Å². The molecule has 0 aliphatic carbocycles. The first-order valence-electron chi connectivity index (χ1n) is 6.88. The molecule has 0 unspecified atom stereocenters. The summed E-state index contributed by atoms with van der Waals surface area (Å²) in [7, 11) is 0. The second-order valence-corrected chi connectivity index (χ2v) is 4.78. The van der Waals surface area contributed by atoms with E-state index in [0.717, 1.165) is 11.3 Å². The van der Waals surface area contributed by atoms with Gasteiger partial charge in [-0.25, -0.2) is 4.39 Å². The molecule has 0 aliphatic rings. The lowest BCUT2D eigenvalue weighted by Gasteiger charge is -2.08. The van der Waals surface area contributed by atoms with E-state index in [9.17, 15) is 9.18 Å². The minimum atomic E-state index is -0.349. The molecule has 0 spiro atoms. The average molecular weight is 287 g/mol. The molecule has 0 aromatic heterocycles. The van der Waals surface area contributed by atoms with Crippen LogP contribution >= 0.6 is 0 Å². The van der Waals surface area contributed by atoms with Gasteiger partial charge in [-0.15, -0.1) is 0 Å². The Balaban J connectivity index is 1.68. The molecule has 0 heterocycles. The van der Waals surface area contributed by atoms with Crippen LogP contribution in [0.3, 0.4) is 0 Å². The van der Waals surface area contributed by atoms with Gasteiger partial charge in [-0.05, 0) is 55.3 Å². The maximum Gasteiger partial charge on any atom is 0.251 e. The Labute approximate surface area is 123 Å². The normalized spacial score (nSPS) is 10.2. The van der Waals surface area contributed by atoms with Gasteiger partial charge in [0, 0.05) is 12.1 Å². The maximum atomic E-state index is 12.7. The van der Waals surface area contributed by atoms with Crippen molar-refractivity contribution in [3.63, 3.8) is 0 Å². The van der Waals surface area contributed by atoms with Crippen LogP contribution in [-0.2, 0) is 0 Å². The van der Waals surface area contributed by atoms with Crippen molar-refractivity contribution in [2.45, 2.75) is 13.3 Å². The van der Waals surface area contributed by atoms with Crippen LogP contribution in [0.15, 0.2) is 48.5 Å². The van der Waals surface area contributed by atoms with Crippen molar-refractivity contribution in [3.8, 4) is 5.75 Å². The molecular weight excluding hydrogens is 269 g/mol. The van der Waals surface area contributed by atoms with E-state index in [2.05, 4.69) is 5.32 Å². The molecular formula is C17H18FNO2. The first kappa shape index (κ1) is 15.0. The fraction of sp³-hybridized carbons (Fsp3) is 0.235. The summed E-state index contributed by atoms with van der Waals surface area (Å²) < 4.78 is 18.3. The van der Waals surface area contributed by atoms with Crippen molar-refractivity contribution in [2.75, 3.05) is 13.2 Å². The summed E-state index contributed by atoms with van der Waals surface area (Å²) in [4.78, 5) is 11.8. The number of nitrogens with one attached hydrogen (secondary N) is 1. The van der Waals surface area contributed by atoms with Gasteiger partial charge in [-0.3, -0.25) is 4.79 Å². The Hall–Kier alpha value is -2.36. The molecule has 110 valence electrons. The lowest BCUT2D eigenvalue weighted by Crippen LogP contribution is -2.25. The van der Waals surface area contributed by atoms with E-state index in [1.165, 1.54) is 24.3 Å². The summed E-state index contributed by atoms with van der Waals surface area (Å²) in [5, 5.41) is 2.77. The Bertz CT molecular complexity index is 596. The van der Waals surface area contributed by atoms with E-state index < -0.39 is 0 Å². The Kier molecular flexibility index (Phi) is 5.32. The van der Waals surface area contributed by atoms with E-state index in [1.807, 2.05) is 31.2 Å². The number of amides is 1. The van der Waals surface area contributed by atoms with E-state index in [1.54, 1.807) is 0 Å². The van der Waals surface area contributed by atoms with Gasteiger partial charge >= 0.3 is 0 Å². The molecule has 0 radical (unpaired) electrons. The number of hydrogen-bond acceptors (Lipinski definition) is 2. The van der Waals surface area contributed by atoms with Crippen LogP contribution < -0.4 is 10.1 Å². The van der Waals surface area contributed by atoms with E-state index >= 15 is 0 Å². The van der Waals surface area contributed by atoms with Crippen LogP contribution in [0.4, 0.5) is 4.39 Å². The molecule has 1 N–H and O–H groups in total. The first-order valence-corrected chi connectivity index (χ1v) is 6.88. The largest absolute Gasteiger partial charge is 0.494 e. The molecule has 2 rings (SSSR count). The molecule has 0 fully saturated rings. The van der Waals surface area contributed by atoms with Crippen molar-refractivity contribution in [3.05, 3.63) is 65.5 Å². The average Bonchev–Trinajstić information content (AvgIpc) is 2.47. The number of carbonyl (C=O) groups excluding carboxylic acids is 1. The molecule has 0 aliphatic heterocycles. The van der Waals surface area contributed by atoms with Crippen molar-refractivity contribution in [1.82, 2.24) is 5.32 Å². The smallest absolute Gasteiger partial charge is 0.251 e. The second kappa shape index (κ2) is 7.43. The van der Waals surface area contributed by atoms with Crippen LogP contribution in [-0.4, -0.2) is 19.1 Å². The zero-order valence-corrected chi connectivity index (χ0v) is 11.9. The number of ether oxygens (including phenoxy) is 1. The summed E-state index contributed by atoms with van der Waals surface area (Å²) >= 11 is 0. The highest BCUT2D eigenvalue weighted by Crippen LogP contribution is 2.12. The van der Waals surface area contributed by atoms with Gasteiger partial charge in [0.15, 0.2) is 0 Å². The molecule has 3 nitrogen and oxygen atoms in total. The van der Waals surface area contributed by atoms with Crippen LogP contribution in [0.1, 0.15) is 22.3 Å². The third-order valence-corrected chi connectivity index (χ3v) is 2.97. The number of hydrogen-bond donors (Lipinski definition) is 1. The number of carbonyl (C=O) groups is 1. The zero-order chi connectivity index (χ0) is 15.1. The molecule has 0 saturated heterocycles. The van der Waals surface area contributed by atoms with Crippen molar-refractivity contribution >= 4 is 5.91 Å². The third-order valence-electron chi connectivity index (χ3n) is 2.97. The number of halogens is 1. The van der Waals surface area contributed by atoms with Crippen molar-refractivity contribution in [2.24, 2.45) is 0 Å². The molecule has 4 heteroatoms. The van der Waals surface area contributed by atoms with Gasteiger partial charge in [-0.1, -0.05) is 12.1 Å². The van der Waals surface area contributed by atoms with E-state index in [4.69, 9.17) is 4.74 Å². The molecule has 0 atom stereocenters. The number of aryl methyl sites for hydroxylation is 1. The lowest BCUT2D eigenvalue weighted by atomic mass is 10.2. The predicted molar refractivity (Wildman–Crippen MR) is 80.0 cm³/mol. The molecule has 2 aromatic rings. The first-order chi connectivity index (χ1) is 10.1. The fourth-order valence-corrected chi connectivity index (χ4v) is 1.87. The Morgan fingerprint density at radius 2 is 1.95 bits per heavy atom. The maximum absolute atomic E-state index is 12.7. The fourth-order valence-electron chi connectivity index (χ4n) is 1.87. The third kappa shape index (κ3) is 4.91. The minimum Gasteiger partial charge on any atom is -0.494 e. The number of benzene rings is 2. The Morgan fingerprint density at radius 1 is 1.19 bits per heavy atom. The van der Waals surface area contributed by atoms with E-state index in [-0.39, 0.29) is 11.7 Å². The SMILES string of the molecule is Cc1cccc(OCCCNC(=O)c2ccc(F)cc2)c1. The highest BCUT2D eigenvalue weighted by atomic mass is 19.1. The van der Waals surface area contributed by atoms with Crippen LogP contribution in [0.2, 0.25) is 0 Å². The zero-order valence-electron chi connectivity index (χ0n) is 11.9. The summed E-state index contributed by atoms with van der Waals surface area (Å²) in [5.74, 6) is 0.281. The summed E-state index contributed by atoms with van der Waals surface area (Å²) in [5.41, 5.74) is 1.60. The van der Waals surface area contributed by atoms with Crippen LogP contribution in [0.25, 0.3) is 0 Å². The van der Waals surface area contributed by atoms with Gasteiger partial charge in [0.25, 0.3) is 5.91 Å². The Morgan fingerprint density at radius 3 is 2.67 bits per heavy atom. The van der Waals surface area contributed by atoms with Gasteiger partial charge in [0.05, 0.1) is 6.61 Å². The summed E-state index contributed by atoms with van der Waals surface area (Å²) in [6.07, 6.45) is 0.709. The molecule has 1 amide bonds. The number of rotatable bonds is 6. The van der Waals surface area contributed by atoms with Gasteiger partial charge < -0.3 is 10.1 Å². The molecule has 2 aromatic carbocycles. The van der Waals surface area contributed by atoms with Crippen molar-refractivity contribution < 1.29 is 13.9 Å².